The lowest BCUT2D eigenvalue weighted by molar-refractivity contribution is 0.111. The molecule has 0 saturated heterocycles. The molecule has 0 bridgehead atoms. The van der Waals surface area contributed by atoms with E-state index in [2.05, 4.69) is 10.1 Å². The molecule has 0 amide bonds. The Bertz CT molecular complexity index is 580. The molecule has 7 heteroatoms. The molecule has 0 atom stereocenters. The van der Waals surface area contributed by atoms with Crippen LogP contribution < -0.4 is 5.69 Å². The fourth-order valence-electron chi connectivity index (χ4n) is 1.25. The summed E-state index contributed by atoms with van der Waals surface area (Å²) in [5.41, 5.74) is -1.39. The van der Waals surface area contributed by atoms with Gasteiger partial charge in [0.05, 0.1) is 11.3 Å². The molecule has 1 aromatic carbocycles. The highest BCUT2D eigenvalue weighted by atomic mass is 19.1. The van der Waals surface area contributed by atoms with Crippen LogP contribution in [0.5, 0.6) is 0 Å². The molecule has 0 saturated carbocycles. The fourth-order valence-corrected chi connectivity index (χ4v) is 1.25. The lowest BCUT2D eigenvalue weighted by atomic mass is 10.2. The number of aromatic nitrogens is 3. The number of hydrogen-bond donors (Lipinski definition) is 1. The van der Waals surface area contributed by atoms with Gasteiger partial charge in [-0.2, -0.15) is 9.78 Å². The van der Waals surface area contributed by atoms with Gasteiger partial charge in [0.2, 0.25) is 0 Å². The smallest absolute Gasteiger partial charge is 0.298 e. The van der Waals surface area contributed by atoms with Crippen LogP contribution in [-0.2, 0) is 0 Å². The molecule has 82 valence electrons. The van der Waals surface area contributed by atoms with Crippen molar-refractivity contribution in [1.82, 2.24) is 14.8 Å². The zero-order valence-electron chi connectivity index (χ0n) is 7.78. The number of aromatic amines is 1. The first-order chi connectivity index (χ1) is 7.63. The van der Waals surface area contributed by atoms with Crippen molar-refractivity contribution in [3.63, 3.8) is 0 Å². The molecule has 16 heavy (non-hydrogen) atoms. The summed E-state index contributed by atoms with van der Waals surface area (Å²) in [6, 6.07) is 1.71. The molecule has 5 nitrogen and oxygen atoms in total. The van der Waals surface area contributed by atoms with E-state index >= 15 is 0 Å². The van der Waals surface area contributed by atoms with Crippen LogP contribution in [0.4, 0.5) is 8.78 Å². The van der Waals surface area contributed by atoms with Crippen LogP contribution >= 0.6 is 0 Å². The lowest BCUT2D eigenvalue weighted by Gasteiger charge is -2.02. The molecule has 0 radical (unpaired) electrons. The van der Waals surface area contributed by atoms with Crippen LogP contribution in [0.3, 0.4) is 0 Å². The number of carbonyl (C=O) groups excluding carboxylic acids is 1. The Morgan fingerprint density at radius 3 is 2.38 bits per heavy atom. The highest BCUT2D eigenvalue weighted by molar-refractivity contribution is 5.76. The van der Waals surface area contributed by atoms with Gasteiger partial charge >= 0.3 is 5.69 Å². The van der Waals surface area contributed by atoms with Gasteiger partial charge in [-0.05, 0) is 0 Å². The van der Waals surface area contributed by atoms with Crippen molar-refractivity contribution >= 4 is 6.29 Å². The lowest BCUT2D eigenvalue weighted by Crippen LogP contribution is -2.16. The minimum atomic E-state index is -1.04. The van der Waals surface area contributed by atoms with Gasteiger partial charge in [0.25, 0.3) is 0 Å². The number of aldehydes is 1. The third kappa shape index (κ3) is 1.52. The van der Waals surface area contributed by atoms with Crippen molar-refractivity contribution in [3.8, 4) is 5.69 Å². The number of carbonyl (C=O) groups is 1. The summed E-state index contributed by atoms with van der Waals surface area (Å²) in [6.07, 6.45) is 1.16. The van der Waals surface area contributed by atoms with Crippen LogP contribution in [-0.4, -0.2) is 21.1 Å². The number of H-pyrrole nitrogens is 1. The Hall–Kier alpha value is -2.31. The quantitative estimate of drug-likeness (QED) is 0.763. The van der Waals surface area contributed by atoms with E-state index < -0.39 is 22.9 Å². The van der Waals surface area contributed by atoms with Crippen LogP contribution in [0.1, 0.15) is 10.4 Å². The van der Waals surface area contributed by atoms with E-state index in [0.717, 1.165) is 23.1 Å². The Morgan fingerprint density at radius 2 is 1.94 bits per heavy atom. The van der Waals surface area contributed by atoms with E-state index in [0.29, 0.717) is 0 Å². The zero-order chi connectivity index (χ0) is 11.7. The second-order valence-corrected chi connectivity index (χ2v) is 2.95. The summed E-state index contributed by atoms with van der Waals surface area (Å²) in [5.74, 6) is -2.08. The van der Waals surface area contributed by atoms with Gasteiger partial charge in [0, 0.05) is 12.1 Å². The molecule has 0 fully saturated rings. The van der Waals surface area contributed by atoms with Crippen LogP contribution in [0.15, 0.2) is 23.3 Å². The minimum absolute atomic E-state index is 0.0712. The molecule has 0 aliphatic rings. The summed E-state index contributed by atoms with van der Waals surface area (Å²) >= 11 is 0. The Labute approximate surface area is 87.3 Å². The maximum Gasteiger partial charge on any atom is 0.347 e. The van der Waals surface area contributed by atoms with Crippen LogP contribution in [0.25, 0.3) is 5.69 Å². The van der Waals surface area contributed by atoms with E-state index in [1.54, 1.807) is 0 Å². The molecule has 1 N–H and O–H groups in total. The van der Waals surface area contributed by atoms with E-state index in [1.807, 2.05) is 0 Å². The number of nitrogens with zero attached hydrogens (tertiary/aromatic N) is 2. The van der Waals surface area contributed by atoms with Gasteiger partial charge in [0.15, 0.2) is 6.29 Å². The van der Waals surface area contributed by atoms with Gasteiger partial charge in [-0.15, -0.1) is 0 Å². The molecule has 0 aliphatic heterocycles. The van der Waals surface area contributed by atoms with Crippen molar-refractivity contribution in [2.75, 3.05) is 0 Å². The molecule has 0 aliphatic carbocycles. The fraction of sp³-hybridized carbons (Fsp3) is 0. The molecule has 1 heterocycles. The maximum absolute atomic E-state index is 13.2. The van der Waals surface area contributed by atoms with Crippen molar-refractivity contribution in [1.29, 1.82) is 0 Å². The predicted molar refractivity (Wildman–Crippen MR) is 49.5 cm³/mol. The first-order valence-electron chi connectivity index (χ1n) is 4.21. The second-order valence-electron chi connectivity index (χ2n) is 2.95. The van der Waals surface area contributed by atoms with Gasteiger partial charge in [0.1, 0.15) is 18.0 Å². The predicted octanol–water partition coefficient (Wildman–Crippen LogP) is 0.651. The number of halogens is 2. The summed E-state index contributed by atoms with van der Waals surface area (Å²) < 4.78 is 27.2. The normalized spacial score (nSPS) is 10.4. The van der Waals surface area contributed by atoms with Crippen LogP contribution in [0, 0.1) is 11.6 Å². The average molecular weight is 225 g/mol. The SMILES string of the molecule is O=Cc1c(F)cc(-n2nc[nH]c2=O)cc1F. The van der Waals surface area contributed by atoms with E-state index in [1.165, 1.54) is 0 Å². The topological polar surface area (TPSA) is 67.8 Å². The van der Waals surface area contributed by atoms with Crippen molar-refractivity contribution < 1.29 is 13.6 Å². The van der Waals surface area contributed by atoms with Crippen molar-refractivity contribution in [3.05, 3.63) is 46.1 Å². The molecule has 2 rings (SSSR count). The third-order valence-electron chi connectivity index (χ3n) is 1.98. The highest BCUT2D eigenvalue weighted by Gasteiger charge is 2.12. The third-order valence-corrected chi connectivity index (χ3v) is 1.98. The molecule has 1 aromatic heterocycles. The minimum Gasteiger partial charge on any atom is -0.298 e. The monoisotopic (exact) mass is 225 g/mol. The Balaban J connectivity index is 2.66. The first kappa shape index (κ1) is 10.2. The van der Waals surface area contributed by atoms with E-state index in [-0.39, 0.29) is 12.0 Å². The van der Waals surface area contributed by atoms with Crippen molar-refractivity contribution in [2.45, 2.75) is 0 Å². The highest BCUT2D eigenvalue weighted by Crippen LogP contribution is 2.15. The van der Waals surface area contributed by atoms with E-state index in [4.69, 9.17) is 0 Å². The standard InChI is InChI=1S/C9H5F2N3O2/c10-7-1-5(2-8(11)6(7)3-15)14-9(16)12-4-13-14/h1-4H,(H,12,13,16). The first-order valence-corrected chi connectivity index (χ1v) is 4.21. The van der Waals surface area contributed by atoms with Crippen LogP contribution in [0.2, 0.25) is 0 Å². The summed E-state index contributed by atoms with van der Waals surface area (Å²) in [5, 5.41) is 3.55. The average Bonchev–Trinajstić information content (AvgIpc) is 2.64. The number of benzene rings is 1. The Kier molecular flexibility index (Phi) is 2.35. The number of hydrogen-bond acceptors (Lipinski definition) is 3. The number of rotatable bonds is 2. The van der Waals surface area contributed by atoms with Gasteiger partial charge in [-0.1, -0.05) is 0 Å². The molecule has 2 aromatic rings. The molecular formula is C9H5F2N3O2. The zero-order valence-corrected chi connectivity index (χ0v) is 7.78. The molecular weight excluding hydrogens is 220 g/mol. The largest absolute Gasteiger partial charge is 0.347 e. The summed E-state index contributed by atoms with van der Waals surface area (Å²) in [7, 11) is 0. The van der Waals surface area contributed by atoms with Gasteiger partial charge < -0.3 is 0 Å². The maximum atomic E-state index is 13.2. The van der Waals surface area contributed by atoms with Gasteiger partial charge in [-0.25, -0.2) is 13.6 Å². The van der Waals surface area contributed by atoms with Gasteiger partial charge in [-0.3, -0.25) is 9.78 Å². The molecule has 0 unspecified atom stereocenters. The molecule has 0 spiro atoms. The summed E-state index contributed by atoms with van der Waals surface area (Å²) in [6.45, 7) is 0. The second kappa shape index (κ2) is 3.69. The summed E-state index contributed by atoms with van der Waals surface area (Å²) in [4.78, 5) is 23.7. The number of nitrogens with one attached hydrogen (secondary N) is 1. The Morgan fingerprint density at radius 1 is 1.31 bits per heavy atom. The van der Waals surface area contributed by atoms with E-state index in [9.17, 15) is 18.4 Å². The van der Waals surface area contributed by atoms with Crippen molar-refractivity contribution in [2.24, 2.45) is 0 Å².